The predicted octanol–water partition coefficient (Wildman–Crippen LogP) is 0.0732. The number of nitrogen functional groups attached to an aromatic ring is 1. The van der Waals surface area contributed by atoms with E-state index < -0.39 is 0 Å². The van der Waals surface area contributed by atoms with Crippen LogP contribution < -0.4 is 16.6 Å². The van der Waals surface area contributed by atoms with Crippen molar-refractivity contribution in [3.8, 4) is 0 Å². The number of hydrogen-bond donors (Lipinski definition) is 3. The van der Waals surface area contributed by atoms with Gasteiger partial charge in [-0.3, -0.25) is 9.48 Å². The number of rotatable bonds is 5. The number of hydrogen-bond acceptors (Lipinski definition) is 5. The van der Waals surface area contributed by atoms with Gasteiger partial charge in [-0.2, -0.15) is 5.10 Å². The maximum atomic E-state index is 11.8. The number of carbonyl (C=O) groups is 1. The molecular weight excluding hydrogens is 244 g/mol. The van der Waals surface area contributed by atoms with Gasteiger partial charge in [-0.05, 0) is 18.2 Å². The minimum Gasteiger partial charge on any atom is -0.352 e. The fourth-order valence-corrected chi connectivity index (χ4v) is 1.67. The van der Waals surface area contributed by atoms with Crippen molar-refractivity contribution >= 4 is 11.7 Å². The summed E-state index contributed by atoms with van der Waals surface area (Å²) < 4.78 is 1.79. The van der Waals surface area contributed by atoms with E-state index in [1.807, 2.05) is 13.1 Å². The number of nitrogens with two attached hydrogens (primary N) is 1. The van der Waals surface area contributed by atoms with Crippen molar-refractivity contribution in [2.24, 2.45) is 12.9 Å². The van der Waals surface area contributed by atoms with E-state index in [-0.39, 0.29) is 5.91 Å². The van der Waals surface area contributed by atoms with E-state index in [0.717, 1.165) is 12.1 Å². The van der Waals surface area contributed by atoms with Crippen molar-refractivity contribution in [1.29, 1.82) is 0 Å². The molecule has 0 saturated heterocycles. The van der Waals surface area contributed by atoms with Gasteiger partial charge in [0.1, 0.15) is 5.82 Å². The number of hydrazine groups is 1. The van der Waals surface area contributed by atoms with Gasteiger partial charge in [0.2, 0.25) is 0 Å². The average molecular weight is 260 g/mol. The second kappa shape index (κ2) is 5.96. The highest BCUT2D eigenvalue weighted by Crippen LogP contribution is 2.03. The van der Waals surface area contributed by atoms with Crippen LogP contribution in [0.5, 0.6) is 0 Å². The molecule has 0 aliphatic carbocycles. The third-order valence-electron chi connectivity index (χ3n) is 2.76. The zero-order valence-corrected chi connectivity index (χ0v) is 10.6. The molecule has 2 heterocycles. The van der Waals surface area contributed by atoms with Crippen LogP contribution in [0.4, 0.5) is 5.82 Å². The normalized spacial score (nSPS) is 10.2. The summed E-state index contributed by atoms with van der Waals surface area (Å²) in [5, 5.41) is 6.90. The van der Waals surface area contributed by atoms with Gasteiger partial charge in [0.05, 0.1) is 5.56 Å². The van der Waals surface area contributed by atoms with Crippen LogP contribution in [-0.4, -0.2) is 27.2 Å². The fraction of sp³-hybridized carbons (Fsp3) is 0.250. The Bertz CT molecular complexity index is 548. The standard InChI is InChI=1S/C12H16N6O/c1-18-10(5-7-16-18)4-6-14-12(19)9-2-3-11(17-13)15-8-9/h2-3,5,7-8H,4,6,13H2,1H3,(H,14,19)(H,15,17). The summed E-state index contributed by atoms with van der Waals surface area (Å²) in [6.45, 7) is 0.551. The highest BCUT2D eigenvalue weighted by molar-refractivity contribution is 5.94. The van der Waals surface area contributed by atoms with Gasteiger partial charge < -0.3 is 10.7 Å². The van der Waals surface area contributed by atoms with Gasteiger partial charge in [0.25, 0.3) is 5.91 Å². The number of anilines is 1. The molecular formula is C12H16N6O. The Kier molecular flexibility index (Phi) is 4.09. The molecule has 0 aliphatic heterocycles. The maximum absolute atomic E-state index is 11.8. The summed E-state index contributed by atoms with van der Waals surface area (Å²) >= 11 is 0. The molecule has 2 rings (SSSR count). The average Bonchev–Trinajstić information content (AvgIpc) is 2.84. The Morgan fingerprint density at radius 1 is 1.42 bits per heavy atom. The molecule has 0 unspecified atom stereocenters. The van der Waals surface area contributed by atoms with Crippen LogP contribution in [0, 0.1) is 0 Å². The van der Waals surface area contributed by atoms with Crippen molar-refractivity contribution in [3.63, 3.8) is 0 Å². The lowest BCUT2D eigenvalue weighted by Gasteiger charge is -2.06. The van der Waals surface area contributed by atoms with Crippen molar-refractivity contribution in [3.05, 3.63) is 41.9 Å². The number of nitrogens with one attached hydrogen (secondary N) is 2. The van der Waals surface area contributed by atoms with Crippen LogP contribution in [0.25, 0.3) is 0 Å². The molecule has 0 spiro atoms. The second-order valence-corrected chi connectivity index (χ2v) is 4.03. The minimum atomic E-state index is -0.154. The zero-order chi connectivity index (χ0) is 13.7. The van der Waals surface area contributed by atoms with E-state index in [4.69, 9.17) is 5.84 Å². The molecule has 4 N–H and O–H groups in total. The van der Waals surface area contributed by atoms with Gasteiger partial charge in [-0.15, -0.1) is 0 Å². The van der Waals surface area contributed by atoms with E-state index in [1.54, 1.807) is 23.0 Å². The molecule has 19 heavy (non-hydrogen) atoms. The van der Waals surface area contributed by atoms with E-state index in [1.165, 1.54) is 6.20 Å². The third kappa shape index (κ3) is 3.29. The molecule has 0 aliphatic rings. The Balaban J connectivity index is 1.85. The predicted molar refractivity (Wildman–Crippen MR) is 71.3 cm³/mol. The first-order chi connectivity index (χ1) is 9.20. The summed E-state index contributed by atoms with van der Waals surface area (Å²) in [6.07, 6.45) is 3.95. The number of aryl methyl sites for hydroxylation is 1. The first kappa shape index (κ1) is 13.0. The lowest BCUT2D eigenvalue weighted by atomic mass is 10.2. The summed E-state index contributed by atoms with van der Waals surface area (Å²) in [4.78, 5) is 15.8. The van der Waals surface area contributed by atoms with E-state index in [0.29, 0.717) is 17.9 Å². The highest BCUT2D eigenvalue weighted by atomic mass is 16.1. The second-order valence-electron chi connectivity index (χ2n) is 4.03. The maximum Gasteiger partial charge on any atom is 0.252 e. The SMILES string of the molecule is Cn1nccc1CCNC(=O)c1ccc(NN)nc1. The van der Waals surface area contributed by atoms with Crippen LogP contribution in [0.15, 0.2) is 30.6 Å². The molecule has 0 saturated carbocycles. The van der Waals surface area contributed by atoms with Crippen LogP contribution in [-0.2, 0) is 13.5 Å². The molecule has 7 nitrogen and oxygen atoms in total. The smallest absolute Gasteiger partial charge is 0.252 e. The topological polar surface area (TPSA) is 97.9 Å². The van der Waals surface area contributed by atoms with Gasteiger partial charge in [-0.1, -0.05) is 0 Å². The van der Waals surface area contributed by atoms with Gasteiger partial charge >= 0.3 is 0 Å². The molecule has 0 bridgehead atoms. The van der Waals surface area contributed by atoms with Crippen molar-refractivity contribution in [2.75, 3.05) is 12.0 Å². The molecule has 0 atom stereocenters. The van der Waals surface area contributed by atoms with Gasteiger partial charge in [-0.25, -0.2) is 10.8 Å². The van der Waals surface area contributed by atoms with Crippen LogP contribution in [0.3, 0.4) is 0 Å². The summed E-state index contributed by atoms with van der Waals surface area (Å²) in [5.41, 5.74) is 3.98. The van der Waals surface area contributed by atoms with Crippen LogP contribution in [0.1, 0.15) is 16.1 Å². The molecule has 0 aromatic carbocycles. The molecule has 2 aromatic heterocycles. The Morgan fingerprint density at radius 2 is 2.26 bits per heavy atom. The van der Waals surface area contributed by atoms with Crippen molar-refractivity contribution in [1.82, 2.24) is 20.1 Å². The Hall–Kier alpha value is -2.41. The molecule has 0 radical (unpaired) electrons. The van der Waals surface area contributed by atoms with Crippen LogP contribution in [0.2, 0.25) is 0 Å². The molecule has 0 fully saturated rings. The minimum absolute atomic E-state index is 0.154. The van der Waals surface area contributed by atoms with E-state index >= 15 is 0 Å². The van der Waals surface area contributed by atoms with Crippen molar-refractivity contribution < 1.29 is 4.79 Å². The zero-order valence-electron chi connectivity index (χ0n) is 10.6. The van der Waals surface area contributed by atoms with Crippen LogP contribution >= 0.6 is 0 Å². The summed E-state index contributed by atoms with van der Waals surface area (Å²) in [6, 6.07) is 5.24. The van der Waals surface area contributed by atoms with E-state index in [9.17, 15) is 4.79 Å². The first-order valence-electron chi connectivity index (χ1n) is 5.88. The molecule has 100 valence electrons. The fourth-order valence-electron chi connectivity index (χ4n) is 1.67. The lowest BCUT2D eigenvalue weighted by molar-refractivity contribution is 0.0953. The number of amides is 1. The Labute approximate surface area is 110 Å². The largest absolute Gasteiger partial charge is 0.352 e. The third-order valence-corrected chi connectivity index (χ3v) is 2.76. The number of pyridine rings is 1. The van der Waals surface area contributed by atoms with Gasteiger partial charge in [0, 0.05) is 38.1 Å². The van der Waals surface area contributed by atoms with E-state index in [2.05, 4.69) is 20.8 Å². The quantitative estimate of drug-likeness (QED) is 0.522. The lowest BCUT2D eigenvalue weighted by Crippen LogP contribution is -2.26. The molecule has 2 aromatic rings. The van der Waals surface area contributed by atoms with Gasteiger partial charge in [0.15, 0.2) is 0 Å². The first-order valence-corrected chi connectivity index (χ1v) is 5.88. The molecule has 7 heteroatoms. The number of aromatic nitrogens is 3. The molecule has 1 amide bonds. The number of carbonyl (C=O) groups excluding carboxylic acids is 1. The Morgan fingerprint density at radius 3 is 2.84 bits per heavy atom. The number of nitrogens with zero attached hydrogens (tertiary/aromatic N) is 3. The summed E-state index contributed by atoms with van der Waals surface area (Å²) in [7, 11) is 1.87. The summed E-state index contributed by atoms with van der Waals surface area (Å²) in [5.74, 6) is 5.57. The highest BCUT2D eigenvalue weighted by Gasteiger charge is 2.06. The van der Waals surface area contributed by atoms with Crippen molar-refractivity contribution in [2.45, 2.75) is 6.42 Å². The monoisotopic (exact) mass is 260 g/mol.